The van der Waals surface area contributed by atoms with E-state index in [0.717, 1.165) is 74.6 Å². The van der Waals surface area contributed by atoms with Crippen molar-refractivity contribution in [3.8, 4) is 22.8 Å². The molecule has 0 unspecified atom stereocenters. The first-order chi connectivity index (χ1) is 37.8. The van der Waals surface area contributed by atoms with Crippen LogP contribution in [0.3, 0.4) is 0 Å². The highest BCUT2D eigenvalue weighted by molar-refractivity contribution is 6.76. The first-order valence-corrected chi connectivity index (χ1v) is 34.8. The number of ether oxygens (including phenoxy) is 2. The van der Waals surface area contributed by atoms with Gasteiger partial charge in [-0.2, -0.15) is 10.2 Å². The van der Waals surface area contributed by atoms with Gasteiger partial charge in [0.25, 0.3) is 11.8 Å². The number of hydrogen-bond acceptors (Lipinski definition) is 11. The van der Waals surface area contributed by atoms with Crippen molar-refractivity contribution < 1.29 is 27.8 Å². The minimum absolute atomic E-state index is 0.0355. The molecule has 414 valence electrons. The van der Waals surface area contributed by atoms with Crippen LogP contribution in [0.15, 0.2) is 91.5 Å². The van der Waals surface area contributed by atoms with Crippen molar-refractivity contribution in [1.29, 1.82) is 0 Å². The summed E-state index contributed by atoms with van der Waals surface area (Å²) in [5.74, 6) is -0.984. The molecule has 2 N–H and O–H groups in total. The molecule has 1 saturated heterocycles. The van der Waals surface area contributed by atoms with Gasteiger partial charge in [0.1, 0.15) is 58.9 Å². The molecule has 9 aromatic rings. The fourth-order valence-corrected chi connectivity index (χ4v) is 11.8. The average Bonchev–Trinajstić information content (AvgIpc) is 4.31. The zero-order valence-corrected chi connectivity index (χ0v) is 48.5. The maximum Gasteiger partial charge on any atom is 0.255 e. The van der Waals surface area contributed by atoms with Crippen LogP contribution in [0.1, 0.15) is 58.4 Å². The molecular formula is C58H71F2N13O4Si2. The summed E-state index contributed by atoms with van der Waals surface area (Å²) in [6.07, 6.45) is 12.0. The quantitative estimate of drug-likeness (QED) is 0.0617. The number of amides is 2. The lowest BCUT2D eigenvalue weighted by atomic mass is 10.1. The topological polar surface area (TPSA) is 177 Å². The van der Waals surface area contributed by atoms with Crippen LogP contribution >= 0.6 is 0 Å². The number of benzene rings is 3. The number of aromatic nitrogens is 10. The van der Waals surface area contributed by atoms with Crippen molar-refractivity contribution in [2.45, 2.75) is 116 Å². The van der Waals surface area contributed by atoms with Crippen molar-refractivity contribution in [2.75, 3.05) is 26.3 Å². The van der Waals surface area contributed by atoms with E-state index in [2.05, 4.69) is 94.3 Å². The minimum Gasteiger partial charge on any atom is -0.361 e. The van der Waals surface area contributed by atoms with Crippen LogP contribution in [0.4, 0.5) is 8.78 Å². The van der Waals surface area contributed by atoms with Crippen molar-refractivity contribution in [3.05, 3.63) is 120 Å². The number of carbonyl (C=O) groups excluding carboxylic acids is 2. The van der Waals surface area contributed by atoms with Crippen LogP contribution in [0.5, 0.6) is 0 Å². The number of rotatable bonds is 18. The predicted octanol–water partition coefficient (Wildman–Crippen LogP) is 10.5. The number of fused-ring (bicyclic) bond motifs is 4. The van der Waals surface area contributed by atoms with E-state index >= 15 is 0 Å². The summed E-state index contributed by atoms with van der Waals surface area (Å²) in [4.78, 5) is 48.6. The Labute approximate surface area is 460 Å². The van der Waals surface area contributed by atoms with Crippen molar-refractivity contribution in [1.82, 2.24) is 64.2 Å². The molecule has 6 aromatic heterocycles. The molecule has 2 fully saturated rings. The molecule has 0 radical (unpaired) electrons. The van der Waals surface area contributed by atoms with Crippen LogP contribution in [-0.2, 0) is 43.6 Å². The van der Waals surface area contributed by atoms with E-state index in [1.165, 1.54) is 29.8 Å². The molecule has 1 atom stereocenters. The van der Waals surface area contributed by atoms with Crippen LogP contribution in [0.25, 0.3) is 66.9 Å². The van der Waals surface area contributed by atoms with Crippen LogP contribution in [0, 0.1) is 11.6 Å². The minimum atomic E-state index is -1.25. The second kappa shape index (κ2) is 23.3. The molecule has 1 saturated carbocycles. The van der Waals surface area contributed by atoms with Gasteiger partial charge in [-0.25, -0.2) is 28.7 Å². The van der Waals surface area contributed by atoms with Crippen LogP contribution in [0.2, 0.25) is 51.4 Å². The molecule has 0 bridgehead atoms. The van der Waals surface area contributed by atoms with Crippen molar-refractivity contribution in [3.63, 3.8) is 0 Å². The summed E-state index contributed by atoms with van der Waals surface area (Å²) in [6, 6.07) is 21.8. The number of carbonyl (C=O) groups is 2. The second-order valence-corrected chi connectivity index (χ2v) is 34.7. The van der Waals surface area contributed by atoms with E-state index in [9.17, 15) is 18.4 Å². The Morgan fingerprint density at radius 1 is 0.646 bits per heavy atom. The van der Waals surface area contributed by atoms with Gasteiger partial charge in [-0.1, -0.05) is 82.5 Å². The molecule has 1 aliphatic heterocycles. The molecule has 2 amide bonds. The van der Waals surface area contributed by atoms with Crippen molar-refractivity contribution in [2.24, 2.45) is 14.1 Å². The molecule has 79 heavy (non-hydrogen) atoms. The fourth-order valence-electron chi connectivity index (χ4n) is 10.3. The number of nitrogens with zero attached hydrogens (tertiary/aromatic N) is 11. The van der Waals surface area contributed by atoms with Gasteiger partial charge < -0.3 is 29.2 Å². The Bertz CT molecular complexity index is 3650. The smallest absolute Gasteiger partial charge is 0.255 e. The van der Waals surface area contributed by atoms with Gasteiger partial charge in [0, 0.05) is 98.3 Å². The number of likely N-dealkylation sites (tertiary alicyclic amines) is 1. The Morgan fingerprint density at radius 2 is 1.13 bits per heavy atom. The highest BCUT2D eigenvalue weighted by atomic mass is 28.3. The standard InChI is InChI=1S/C32H38FN7O2Si.C26H33FN6O2Si/c1-38-28-16-23(33)10-11-25(28)29(37-38)27-17-34-31-30(36-27)26(20-40(31)21-42-14-15-43(2,3)4)32(41)35-24-12-13-39(19-24)18-22-8-6-5-7-9-22;1-32-22-13-17(27)9-10-19(22)23(31-32)21-14-28-25-24(30-21)20(26(34)29-18-7-5-6-8-18)15-33(25)16-35-11-12-36(2,3)4/h5-11,16-17,20,24H,12-15,18-19,21H2,1-4H3,(H,35,41);9-10,13-15,18H,5-8,11-12,16H2,1-4H3,(H,29,34)/t24-;/m1./s1. The monoisotopic (exact) mass is 1110 g/mol. The van der Waals surface area contributed by atoms with Gasteiger partial charge >= 0.3 is 0 Å². The zero-order chi connectivity index (χ0) is 55.6. The maximum absolute atomic E-state index is 13.9. The molecule has 21 heteroatoms. The lowest BCUT2D eigenvalue weighted by Crippen LogP contribution is -2.37. The summed E-state index contributed by atoms with van der Waals surface area (Å²) in [5.41, 5.74) is 7.92. The molecule has 3 aromatic carbocycles. The number of hydrogen-bond donors (Lipinski definition) is 2. The Kier molecular flexibility index (Phi) is 16.3. The summed E-state index contributed by atoms with van der Waals surface area (Å²) in [5, 5.41) is 17.1. The van der Waals surface area contributed by atoms with Gasteiger partial charge in [0.05, 0.1) is 34.6 Å². The van der Waals surface area contributed by atoms with E-state index in [-0.39, 0.29) is 42.3 Å². The van der Waals surface area contributed by atoms with Crippen LogP contribution < -0.4 is 10.6 Å². The number of nitrogens with one attached hydrogen (secondary N) is 2. The molecular weight excluding hydrogens is 1040 g/mol. The number of halogens is 2. The molecule has 7 heterocycles. The predicted molar refractivity (Wildman–Crippen MR) is 310 cm³/mol. The molecule has 17 nitrogen and oxygen atoms in total. The van der Waals surface area contributed by atoms with Crippen LogP contribution in [-0.4, -0.2) is 120 Å². The van der Waals surface area contributed by atoms with E-state index in [0.29, 0.717) is 87.2 Å². The third kappa shape index (κ3) is 13.0. The lowest BCUT2D eigenvalue weighted by molar-refractivity contribution is 0.0885. The SMILES string of the molecule is Cn1nc(-c2cnc3c(n2)c(C(=O)NC2CCCC2)cn3COCC[Si](C)(C)C)c2ccc(F)cc21.Cn1nc(-c2cnc3c(n2)c(C(=O)N[C@@H]2CCN(Cc4ccccc4)C2)cn3COCC[Si](C)(C)C)c2ccc(F)cc21. The Morgan fingerprint density at radius 3 is 1.61 bits per heavy atom. The van der Waals surface area contributed by atoms with Crippen molar-refractivity contribution >= 4 is 72.1 Å². The summed E-state index contributed by atoms with van der Waals surface area (Å²) in [6.45, 7) is 18.4. The molecule has 0 spiro atoms. The first-order valence-electron chi connectivity index (χ1n) is 27.3. The normalized spacial score (nSPS) is 15.4. The fraction of sp³-hybridized carbons (Fsp3) is 0.414. The van der Waals surface area contributed by atoms with E-state index in [1.807, 2.05) is 15.2 Å². The summed E-state index contributed by atoms with van der Waals surface area (Å²) < 4.78 is 46.7. The number of aryl methyl sites for hydroxylation is 2. The van der Waals surface area contributed by atoms with Gasteiger partial charge in [-0.3, -0.25) is 23.9 Å². The molecule has 1 aliphatic carbocycles. The highest BCUT2D eigenvalue weighted by Gasteiger charge is 2.28. The highest BCUT2D eigenvalue weighted by Crippen LogP contribution is 2.32. The average molecular weight is 1110 g/mol. The van der Waals surface area contributed by atoms with Gasteiger partial charge in [0.2, 0.25) is 0 Å². The van der Waals surface area contributed by atoms with Gasteiger partial charge in [-0.05, 0) is 73.3 Å². The third-order valence-electron chi connectivity index (χ3n) is 14.7. The van der Waals surface area contributed by atoms with E-state index in [4.69, 9.17) is 24.4 Å². The first kappa shape index (κ1) is 55.3. The maximum atomic E-state index is 13.9. The van der Waals surface area contributed by atoms with Gasteiger partial charge in [-0.15, -0.1) is 0 Å². The van der Waals surface area contributed by atoms with Gasteiger partial charge in [0.15, 0.2) is 11.3 Å². The van der Waals surface area contributed by atoms with E-state index < -0.39 is 16.1 Å². The van der Waals surface area contributed by atoms with E-state index in [1.54, 1.807) is 60.4 Å². The molecule has 11 rings (SSSR count). The summed E-state index contributed by atoms with van der Waals surface area (Å²) in [7, 11) is 1.08. The summed E-state index contributed by atoms with van der Waals surface area (Å²) >= 11 is 0. The lowest BCUT2D eigenvalue weighted by Gasteiger charge is -2.16. The second-order valence-electron chi connectivity index (χ2n) is 23.5. The Balaban J connectivity index is 0.000000181. The largest absolute Gasteiger partial charge is 0.361 e. The Hall–Kier alpha value is -7.05. The third-order valence-corrected chi connectivity index (χ3v) is 18.1. The molecule has 2 aliphatic rings. The zero-order valence-electron chi connectivity index (χ0n) is 46.5.